The summed E-state index contributed by atoms with van der Waals surface area (Å²) in [5.41, 5.74) is 1.68. The number of carbonyl (C=O) groups is 2. The van der Waals surface area contributed by atoms with Crippen LogP contribution in [0, 0.1) is 6.92 Å². The molecule has 0 fully saturated rings. The minimum absolute atomic E-state index is 0.0279. The van der Waals surface area contributed by atoms with E-state index in [0.29, 0.717) is 23.2 Å². The number of sulfone groups is 1. The molecule has 2 N–H and O–H groups in total. The molecule has 0 aliphatic rings. The summed E-state index contributed by atoms with van der Waals surface area (Å²) in [5.74, 6) is -0.417. The van der Waals surface area contributed by atoms with E-state index in [4.69, 9.17) is 0 Å². The van der Waals surface area contributed by atoms with Crippen molar-refractivity contribution < 1.29 is 22.7 Å². The Morgan fingerprint density at radius 2 is 1.95 bits per heavy atom. The van der Waals surface area contributed by atoms with E-state index in [-0.39, 0.29) is 12.3 Å². The maximum absolute atomic E-state index is 11.7. The molecule has 0 aliphatic carbocycles. The standard InChI is InChI=1S/C14H20N2O5S/c1-10-9-11(13(17)21-2)5-6-12(10)16-14(18)15-7-4-8-22(3,19)20/h5-6,9H,4,7-8H2,1-3H3,(H2,15,16,18). The molecule has 0 atom stereocenters. The number of nitrogens with one attached hydrogen (secondary N) is 2. The Balaban J connectivity index is 2.53. The summed E-state index contributed by atoms with van der Waals surface area (Å²) in [6, 6.07) is 4.35. The summed E-state index contributed by atoms with van der Waals surface area (Å²) in [5, 5.41) is 5.21. The van der Waals surface area contributed by atoms with Crippen LogP contribution in [0.3, 0.4) is 0 Å². The molecule has 122 valence electrons. The predicted molar refractivity (Wildman–Crippen MR) is 83.9 cm³/mol. The quantitative estimate of drug-likeness (QED) is 0.606. The average molecular weight is 328 g/mol. The van der Waals surface area contributed by atoms with Crippen LogP contribution in [-0.2, 0) is 14.6 Å². The van der Waals surface area contributed by atoms with Crippen LogP contribution in [0.1, 0.15) is 22.3 Å². The monoisotopic (exact) mass is 328 g/mol. The van der Waals surface area contributed by atoms with E-state index in [1.54, 1.807) is 25.1 Å². The first-order chi connectivity index (χ1) is 10.2. The lowest BCUT2D eigenvalue weighted by atomic mass is 10.1. The third-order valence-corrected chi connectivity index (χ3v) is 3.90. The molecule has 0 saturated carbocycles. The molecule has 0 unspecified atom stereocenters. The van der Waals surface area contributed by atoms with Gasteiger partial charge in [0.2, 0.25) is 0 Å². The van der Waals surface area contributed by atoms with E-state index in [1.807, 2.05) is 0 Å². The van der Waals surface area contributed by atoms with Gasteiger partial charge in [0.1, 0.15) is 9.84 Å². The molecule has 0 radical (unpaired) electrons. The largest absolute Gasteiger partial charge is 0.465 e. The highest BCUT2D eigenvalue weighted by atomic mass is 32.2. The smallest absolute Gasteiger partial charge is 0.337 e. The minimum atomic E-state index is -3.02. The molecule has 0 aliphatic heterocycles. The number of methoxy groups -OCH3 is 1. The molecule has 0 spiro atoms. The lowest BCUT2D eigenvalue weighted by molar-refractivity contribution is 0.0600. The van der Waals surface area contributed by atoms with Gasteiger partial charge in [0.05, 0.1) is 18.4 Å². The number of urea groups is 1. The number of rotatable bonds is 6. The maximum atomic E-state index is 11.7. The number of hydrogen-bond donors (Lipinski definition) is 2. The number of esters is 1. The average Bonchev–Trinajstić information content (AvgIpc) is 2.44. The molecule has 1 rings (SSSR count). The van der Waals surface area contributed by atoms with Crippen LogP contribution in [0.4, 0.5) is 10.5 Å². The van der Waals surface area contributed by atoms with Crippen molar-refractivity contribution in [3.8, 4) is 0 Å². The second-order valence-corrected chi connectivity index (χ2v) is 7.15. The van der Waals surface area contributed by atoms with Crippen LogP contribution in [0.15, 0.2) is 18.2 Å². The molecule has 7 nitrogen and oxygen atoms in total. The van der Waals surface area contributed by atoms with Crippen LogP contribution in [0.2, 0.25) is 0 Å². The molecule has 1 aromatic rings. The fourth-order valence-corrected chi connectivity index (χ4v) is 2.42. The highest BCUT2D eigenvalue weighted by Gasteiger charge is 2.09. The Bertz CT molecular complexity index is 655. The third-order valence-electron chi connectivity index (χ3n) is 2.87. The normalized spacial score (nSPS) is 10.9. The van der Waals surface area contributed by atoms with E-state index >= 15 is 0 Å². The second-order valence-electron chi connectivity index (χ2n) is 4.89. The third kappa shape index (κ3) is 6.13. The Morgan fingerprint density at radius 1 is 1.27 bits per heavy atom. The first kappa shape index (κ1) is 18.0. The van der Waals surface area contributed by atoms with E-state index in [1.165, 1.54) is 7.11 Å². The maximum Gasteiger partial charge on any atom is 0.337 e. The van der Waals surface area contributed by atoms with Gasteiger partial charge < -0.3 is 15.4 Å². The van der Waals surface area contributed by atoms with Gasteiger partial charge in [-0.15, -0.1) is 0 Å². The zero-order chi connectivity index (χ0) is 16.8. The molecule has 0 bridgehead atoms. The van der Waals surface area contributed by atoms with Crippen LogP contribution in [0.5, 0.6) is 0 Å². The summed E-state index contributed by atoms with van der Waals surface area (Å²) in [6.07, 6.45) is 1.51. The van der Waals surface area contributed by atoms with E-state index in [0.717, 1.165) is 6.26 Å². The number of carbonyl (C=O) groups excluding carboxylic acids is 2. The molecular weight excluding hydrogens is 308 g/mol. The Hall–Kier alpha value is -2.09. The molecule has 0 aromatic heterocycles. The fraction of sp³-hybridized carbons (Fsp3) is 0.429. The highest BCUT2D eigenvalue weighted by Crippen LogP contribution is 2.17. The van der Waals surface area contributed by atoms with Crippen LogP contribution >= 0.6 is 0 Å². The molecule has 2 amide bonds. The summed E-state index contributed by atoms with van der Waals surface area (Å²) >= 11 is 0. The summed E-state index contributed by atoms with van der Waals surface area (Å²) in [6.45, 7) is 2.02. The number of aryl methyl sites for hydroxylation is 1. The van der Waals surface area contributed by atoms with Crippen molar-refractivity contribution >= 4 is 27.5 Å². The van der Waals surface area contributed by atoms with Gasteiger partial charge in [-0.2, -0.15) is 0 Å². The van der Waals surface area contributed by atoms with Crippen LogP contribution < -0.4 is 10.6 Å². The SMILES string of the molecule is COC(=O)c1ccc(NC(=O)NCCCS(C)(=O)=O)c(C)c1. The van der Waals surface area contributed by atoms with Gasteiger partial charge in [-0.25, -0.2) is 18.0 Å². The lowest BCUT2D eigenvalue weighted by Gasteiger charge is -2.10. The number of hydrogen-bond acceptors (Lipinski definition) is 5. The second kappa shape index (κ2) is 7.79. The van der Waals surface area contributed by atoms with Gasteiger partial charge >= 0.3 is 12.0 Å². The van der Waals surface area contributed by atoms with Gasteiger partial charge in [0.15, 0.2) is 0 Å². The molecule has 0 heterocycles. The number of benzene rings is 1. The Kier molecular flexibility index (Phi) is 6.36. The molecule has 0 saturated heterocycles. The Labute approximate surface area is 130 Å². The van der Waals surface area contributed by atoms with E-state index < -0.39 is 21.8 Å². The van der Waals surface area contributed by atoms with Crippen molar-refractivity contribution in [2.45, 2.75) is 13.3 Å². The topological polar surface area (TPSA) is 102 Å². The summed E-state index contributed by atoms with van der Waals surface area (Å²) in [7, 11) is -1.72. The lowest BCUT2D eigenvalue weighted by Crippen LogP contribution is -2.30. The Morgan fingerprint density at radius 3 is 2.50 bits per heavy atom. The highest BCUT2D eigenvalue weighted by molar-refractivity contribution is 7.90. The first-order valence-electron chi connectivity index (χ1n) is 6.64. The molecule has 1 aromatic carbocycles. The van der Waals surface area contributed by atoms with Crippen molar-refractivity contribution in [2.75, 3.05) is 31.0 Å². The van der Waals surface area contributed by atoms with Crippen molar-refractivity contribution in [2.24, 2.45) is 0 Å². The van der Waals surface area contributed by atoms with Crippen LogP contribution in [-0.4, -0.2) is 46.1 Å². The van der Waals surface area contributed by atoms with Crippen molar-refractivity contribution in [1.82, 2.24) is 5.32 Å². The van der Waals surface area contributed by atoms with Crippen LogP contribution in [0.25, 0.3) is 0 Å². The van der Waals surface area contributed by atoms with Gasteiger partial charge in [0, 0.05) is 18.5 Å². The summed E-state index contributed by atoms with van der Waals surface area (Å²) < 4.78 is 26.5. The van der Waals surface area contributed by atoms with Gasteiger partial charge in [0.25, 0.3) is 0 Å². The van der Waals surface area contributed by atoms with E-state index in [9.17, 15) is 18.0 Å². The van der Waals surface area contributed by atoms with Crippen molar-refractivity contribution in [3.05, 3.63) is 29.3 Å². The number of amides is 2. The molecular formula is C14H20N2O5S. The minimum Gasteiger partial charge on any atom is -0.465 e. The number of ether oxygens (including phenoxy) is 1. The fourth-order valence-electron chi connectivity index (χ4n) is 1.75. The van der Waals surface area contributed by atoms with E-state index in [2.05, 4.69) is 15.4 Å². The molecule has 8 heteroatoms. The zero-order valence-corrected chi connectivity index (χ0v) is 13.6. The van der Waals surface area contributed by atoms with Crippen molar-refractivity contribution in [3.63, 3.8) is 0 Å². The zero-order valence-electron chi connectivity index (χ0n) is 12.8. The van der Waals surface area contributed by atoms with Crippen molar-refractivity contribution in [1.29, 1.82) is 0 Å². The van der Waals surface area contributed by atoms with Gasteiger partial charge in [-0.05, 0) is 37.1 Å². The molecule has 22 heavy (non-hydrogen) atoms. The number of anilines is 1. The first-order valence-corrected chi connectivity index (χ1v) is 8.70. The summed E-state index contributed by atoms with van der Waals surface area (Å²) in [4.78, 5) is 23.1. The van der Waals surface area contributed by atoms with Gasteiger partial charge in [-0.1, -0.05) is 0 Å². The predicted octanol–water partition coefficient (Wildman–Crippen LogP) is 1.34. The van der Waals surface area contributed by atoms with Gasteiger partial charge in [-0.3, -0.25) is 0 Å².